The van der Waals surface area contributed by atoms with E-state index in [1.807, 2.05) is 0 Å². The standard InChI is InChI=1S/C30H48O5/c1-18(2)19-10-13-30(17-31)15-14-28(6)20(24(19)30)8-9-22-27(5,16-23(32)33)21(11-12-29(22,28)7)26(3,4)25(34)35/h19-22,24,31H,1,8-17H2,2-7H3,(H,32,33)(H,34,35)/t19-,20?,21?,22+,24?,27-,28+,29+,30+/m0/s1. The Labute approximate surface area is 211 Å². The molecule has 4 aliphatic carbocycles. The minimum atomic E-state index is -0.974. The van der Waals surface area contributed by atoms with Gasteiger partial charge in [0.2, 0.25) is 0 Å². The third-order valence-corrected chi connectivity index (χ3v) is 12.8. The van der Waals surface area contributed by atoms with Gasteiger partial charge >= 0.3 is 11.9 Å². The smallest absolute Gasteiger partial charge is 0.309 e. The van der Waals surface area contributed by atoms with Crippen LogP contribution in [0.15, 0.2) is 12.2 Å². The maximum atomic E-state index is 12.3. The first kappa shape index (κ1) is 26.7. The van der Waals surface area contributed by atoms with Crippen molar-refractivity contribution in [3.05, 3.63) is 12.2 Å². The topological polar surface area (TPSA) is 94.8 Å². The molecule has 0 saturated heterocycles. The van der Waals surface area contributed by atoms with Gasteiger partial charge in [-0.1, -0.05) is 32.9 Å². The predicted molar refractivity (Wildman–Crippen MR) is 137 cm³/mol. The molecule has 9 atom stereocenters. The molecule has 3 unspecified atom stereocenters. The van der Waals surface area contributed by atoms with E-state index >= 15 is 0 Å². The van der Waals surface area contributed by atoms with Crippen molar-refractivity contribution in [1.82, 2.24) is 0 Å². The highest BCUT2D eigenvalue weighted by Crippen LogP contribution is 2.76. The number of carboxylic acids is 2. The van der Waals surface area contributed by atoms with Gasteiger partial charge in [-0.25, -0.2) is 0 Å². The summed E-state index contributed by atoms with van der Waals surface area (Å²) in [4.78, 5) is 24.6. The number of aliphatic hydroxyl groups is 1. The molecule has 0 spiro atoms. The highest BCUT2D eigenvalue weighted by Gasteiger charge is 2.70. The predicted octanol–water partition coefficient (Wildman–Crippen LogP) is 6.40. The molecule has 0 aromatic carbocycles. The van der Waals surface area contributed by atoms with E-state index < -0.39 is 22.8 Å². The van der Waals surface area contributed by atoms with Gasteiger partial charge < -0.3 is 15.3 Å². The zero-order valence-electron chi connectivity index (χ0n) is 22.8. The summed E-state index contributed by atoms with van der Waals surface area (Å²) in [6.45, 7) is 17.3. The molecule has 198 valence electrons. The number of fused-ring (bicyclic) bond motifs is 5. The van der Waals surface area contributed by atoms with Crippen molar-refractivity contribution in [2.45, 2.75) is 99.3 Å². The van der Waals surface area contributed by atoms with E-state index in [1.165, 1.54) is 5.57 Å². The molecule has 0 amide bonds. The van der Waals surface area contributed by atoms with E-state index in [2.05, 4.69) is 34.3 Å². The second-order valence-corrected chi connectivity index (χ2v) is 14.3. The number of aliphatic hydroxyl groups excluding tert-OH is 1. The van der Waals surface area contributed by atoms with Crippen molar-refractivity contribution >= 4 is 11.9 Å². The molecule has 0 bridgehead atoms. The van der Waals surface area contributed by atoms with Crippen molar-refractivity contribution in [2.75, 3.05) is 6.61 Å². The third-order valence-electron chi connectivity index (χ3n) is 12.8. The molecule has 3 N–H and O–H groups in total. The number of carbonyl (C=O) groups is 2. The Morgan fingerprint density at radius 2 is 1.60 bits per heavy atom. The molecule has 0 radical (unpaired) electrons. The van der Waals surface area contributed by atoms with Crippen LogP contribution in [0.5, 0.6) is 0 Å². The van der Waals surface area contributed by atoms with E-state index in [0.717, 1.165) is 51.4 Å². The number of hydrogen-bond donors (Lipinski definition) is 3. The van der Waals surface area contributed by atoms with Crippen LogP contribution in [0.4, 0.5) is 0 Å². The van der Waals surface area contributed by atoms with Crippen molar-refractivity contribution in [2.24, 2.45) is 56.7 Å². The molecule has 4 fully saturated rings. The molecule has 5 nitrogen and oxygen atoms in total. The normalized spacial score (nSPS) is 47.3. The monoisotopic (exact) mass is 488 g/mol. The van der Waals surface area contributed by atoms with Gasteiger partial charge in [-0.05, 0) is 123 Å². The lowest BCUT2D eigenvalue weighted by molar-refractivity contribution is -0.234. The van der Waals surface area contributed by atoms with Gasteiger partial charge in [-0.15, -0.1) is 0 Å². The molecule has 0 aromatic heterocycles. The van der Waals surface area contributed by atoms with Crippen LogP contribution in [0.25, 0.3) is 0 Å². The second-order valence-electron chi connectivity index (χ2n) is 14.3. The van der Waals surface area contributed by atoms with Crippen LogP contribution >= 0.6 is 0 Å². The highest BCUT2D eigenvalue weighted by molar-refractivity contribution is 5.75. The van der Waals surface area contributed by atoms with Gasteiger partial charge in [0, 0.05) is 6.61 Å². The van der Waals surface area contributed by atoms with Crippen LogP contribution in [-0.4, -0.2) is 33.9 Å². The van der Waals surface area contributed by atoms with Crippen LogP contribution in [0.2, 0.25) is 0 Å². The van der Waals surface area contributed by atoms with Crippen molar-refractivity contribution < 1.29 is 24.9 Å². The first-order chi connectivity index (χ1) is 16.1. The molecule has 4 rings (SSSR count). The Morgan fingerprint density at radius 1 is 0.943 bits per heavy atom. The van der Waals surface area contributed by atoms with Gasteiger partial charge in [0.1, 0.15) is 0 Å². The largest absolute Gasteiger partial charge is 0.481 e. The van der Waals surface area contributed by atoms with E-state index in [1.54, 1.807) is 13.8 Å². The van der Waals surface area contributed by atoms with Gasteiger partial charge in [-0.2, -0.15) is 0 Å². The SMILES string of the molecule is C=C(C)[C@@H]1CC[C@]2(CO)CC[C@]3(C)C(CC[C@@H]4[C@@](C)(CC(=O)O)C(C(C)(C)C(=O)O)CC[C@]43C)C12. The summed E-state index contributed by atoms with van der Waals surface area (Å²) in [5.41, 5.74) is -0.347. The lowest BCUT2D eigenvalue weighted by Gasteiger charge is -2.71. The number of aliphatic carboxylic acids is 2. The molecule has 0 aromatic rings. The van der Waals surface area contributed by atoms with Crippen molar-refractivity contribution in [3.63, 3.8) is 0 Å². The average Bonchev–Trinajstić information content (AvgIpc) is 3.14. The summed E-state index contributed by atoms with van der Waals surface area (Å²) < 4.78 is 0. The van der Waals surface area contributed by atoms with Crippen LogP contribution in [0.1, 0.15) is 99.3 Å². The Kier molecular flexibility index (Phi) is 6.35. The van der Waals surface area contributed by atoms with Gasteiger partial charge in [0.15, 0.2) is 0 Å². The molecule has 0 heterocycles. The second kappa shape index (κ2) is 8.33. The summed E-state index contributed by atoms with van der Waals surface area (Å²) in [5, 5.41) is 30.8. The van der Waals surface area contributed by atoms with E-state index in [0.29, 0.717) is 17.8 Å². The van der Waals surface area contributed by atoms with E-state index in [-0.39, 0.29) is 41.1 Å². The molecular weight excluding hydrogens is 440 g/mol. The first-order valence-corrected chi connectivity index (χ1v) is 13.8. The fourth-order valence-corrected chi connectivity index (χ4v) is 10.8. The van der Waals surface area contributed by atoms with Crippen LogP contribution in [0, 0.1) is 56.7 Å². The Bertz CT molecular complexity index is 908. The molecule has 0 aliphatic heterocycles. The Balaban J connectivity index is 1.80. The molecule has 5 heteroatoms. The molecular formula is C30H48O5. The Hall–Kier alpha value is -1.36. The fourth-order valence-electron chi connectivity index (χ4n) is 10.8. The minimum Gasteiger partial charge on any atom is -0.481 e. The third kappa shape index (κ3) is 3.49. The van der Waals surface area contributed by atoms with E-state index in [4.69, 9.17) is 0 Å². The number of allylic oxidation sites excluding steroid dienone is 1. The Morgan fingerprint density at radius 3 is 2.14 bits per heavy atom. The fraction of sp³-hybridized carbons (Fsp3) is 0.867. The summed E-state index contributed by atoms with van der Waals surface area (Å²) in [5.74, 6) is -0.320. The maximum Gasteiger partial charge on any atom is 0.309 e. The van der Waals surface area contributed by atoms with Crippen LogP contribution in [-0.2, 0) is 9.59 Å². The van der Waals surface area contributed by atoms with Crippen molar-refractivity contribution in [1.29, 1.82) is 0 Å². The first-order valence-electron chi connectivity index (χ1n) is 13.8. The number of rotatable bonds is 6. The quantitative estimate of drug-likeness (QED) is 0.376. The number of hydrogen-bond acceptors (Lipinski definition) is 3. The molecule has 4 saturated carbocycles. The lowest BCUT2D eigenvalue weighted by atomic mass is 9.33. The summed E-state index contributed by atoms with van der Waals surface area (Å²) >= 11 is 0. The van der Waals surface area contributed by atoms with Gasteiger partial charge in [0.05, 0.1) is 11.8 Å². The molecule has 35 heavy (non-hydrogen) atoms. The zero-order valence-corrected chi connectivity index (χ0v) is 22.8. The average molecular weight is 489 g/mol. The summed E-state index contributed by atoms with van der Waals surface area (Å²) in [6.07, 6.45) is 7.94. The zero-order chi connectivity index (χ0) is 26.2. The minimum absolute atomic E-state index is 0.0101. The summed E-state index contributed by atoms with van der Waals surface area (Å²) in [6, 6.07) is 0. The molecule has 4 aliphatic rings. The maximum absolute atomic E-state index is 12.3. The lowest BCUT2D eigenvalue weighted by Crippen LogP contribution is -2.65. The highest BCUT2D eigenvalue weighted by atomic mass is 16.4. The van der Waals surface area contributed by atoms with Gasteiger partial charge in [-0.3, -0.25) is 9.59 Å². The summed E-state index contributed by atoms with van der Waals surface area (Å²) in [7, 11) is 0. The van der Waals surface area contributed by atoms with Gasteiger partial charge in [0.25, 0.3) is 0 Å². The van der Waals surface area contributed by atoms with Crippen LogP contribution in [0.3, 0.4) is 0 Å². The van der Waals surface area contributed by atoms with Crippen LogP contribution < -0.4 is 0 Å². The van der Waals surface area contributed by atoms with Crippen molar-refractivity contribution in [3.8, 4) is 0 Å². The number of carboxylic acid groups (broad SMARTS) is 2. The van der Waals surface area contributed by atoms with E-state index in [9.17, 15) is 24.9 Å².